The molecule has 0 saturated carbocycles. The summed E-state index contributed by atoms with van der Waals surface area (Å²) in [5.41, 5.74) is 8.68. The van der Waals surface area contributed by atoms with Gasteiger partial charge in [0, 0.05) is 26.3 Å². The molecule has 0 fully saturated rings. The van der Waals surface area contributed by atoms with Crippen molar-refractivity contribution in [3.05, 3.63) is 139 Å². The zero-order chi connectivity index (χ0) is 33.5. The van der Waals surface area contributed by atoms with E-state index in [0.717, 1.165) is 66.9 Å². The molecule has 0 bridgehead atoms. The zero-order valence-corrected chi connectivity index (χ0v) is 33.1. The standard InChI is InChI=1S/C31H30GeN3O.C11H8N.Ir/c1-31(2,3)25-18-33-19-26-28(25)35(21-11-8-7-9-12-21)30(34-26)24-14-10-13-23-22-16-15-20(32(4,5)6)17-27(22)36-29(23)24;1-2-6-10(7-3-1)11-8-4-5-9-12-11;/h7-13,15-19H,1-6H3;1-6,8-9H;/q2*-1;. The second-order valence-corrected chi connectivity index (χ2v) is 24.7. The van der Waals surface area contributed by atoms with E-state index < -0.39 is 13.3 Å². The Morgan fingerprint density at radius 1 is 0.776 bits per heavy atom. The number of aromatic nitrogens is 4. The van der Waals surface area contributed by atoms with E-state index in [0.29, 0.717) is 0 Å². The molecule has 0 atom stereocenters. The molecule has 8 aromatic rings. The molecule has 7 heteroatoms. The minimum Gasteiger partial charge on any atom is -0.305 e. The van der Waals surface area contributed by atoms with E-state index in [9.17, 15) is 0 Å². The van der Waals surface area contributed by atoms with Gasteiger partial charge in [-0.05, 0) is 11.8 Å². The topological polar surface area (TPSA) is 56.7 Å². The van der Waals surface area contributed by atoms with Crippen molar-refractivity contribution in [2.24, 2.45) is 0 Å². The summed E-state index contributed by atoms with van der Waals surface area (Å²) in [6.07, 6.45) is 5.61. The second kappa shape index (κ2) is 13.9. The van der Waals surface area contributed by atoms with Crippen LogP contribution in [0.15, 0.2) is 126 Å². The van der Waals surface area contributed by atoms with Gasteiger partial charge in [0.2, 0.25) is 0 Å². The molecule has 0 unspecified atom stereocenters. The molecule has 247 valence electrons. The van der Waals surface area contributed by atoms with Crippen LogP contribution in [0.3, 0.4) is 0 Å². The molecule has 0 aliphatic carbocycles. The van der Waals surface area contributed by atoms with E-state index in [1.807, 2.05) is 67.0 Å². The van der Waals surface area contributed by atoms with Gasteiger partial charge in [-0.25, -0.2) is 0 Å². The number of furan rings is 1. The van der Waals surface area contributed by atoms with Gasteiger partial charge in [-0.3, -0.25) is 0 Å². The van der Waals surface area contributed by atoms with E-state index in [-0.39, 0.29) is 25.5 Å². The minimum atomic E-state index is -2.00. The van der Waals surface area contributed by atoms with Gasteiger partial charge < -0.3 is 4.98 Å². The summed E-state index contributed by atoms with van der Waals surface area (Å²) in [6, 6.07) is 41.5. The van der Waals surface area contributed by atoms with Gasteiger partial charge in [0.1, 0.15) is 0 Å². The molecule has 0 aliphatic heterocycles. The predicted molar refractivity (Wildman–Crippen MR) is 201 cm³/mol. The fourth-order valence-corrected chi connectivity index (χ4v) is 8.43. The normalized spacial score (nSPS) is 11.7. The molecular weight excluding hydrogens is 841 g/mol. The van der Waals surface area contributed by atoms with E-state index in [1.54, 1.807) is 6.20 Å². The first-order valence-electron chi connectivity index (χ1n) is 16.3. The first kappa shape index (κ1) is 34.5. The quantitative estimate of drug-likeness (QED) is 0.131. The molecule has 0 N–H and O–H groups in total. The van der Waals surface area contributed by atoms with Gasteiger partial charge >= 0.3 is 215 Å². The summed E-state index contributed by atoms with van der Waals surface area (Å²) in [6.45, 7) is 6.65. The van der Waals surface area contributed by atoms with Crippen molar-refractivity contribution in [1.82, 2.24) is 19.5 Å². The van der Waals surface area contributed by atoms with Crippen molar-refractivity contribution >= 4 is 50.6 Å². The van der Waals surface area contributed by atoms with Crippen LogP contribution >= 0.6 is 0 Å². The predicted octanol–water partition coefficient (Wildman–Crippen LogP) is 10.2. The van der Waals surface area contributed by atoms with Crippen molar-refractivity contribution in [3.8, 4) is 28.3 Å². The molecule has 0 saturated heterocycles. The summed E-state index contributed by atoms with van der Waals surface area (Å²) in [7, 11) is 0. The van der Waals surface area contributed by atoms with Crippen LogP contribution in [0, 0.1) is 12.1 Å². The summed E-state index contributed by atoms with van der Waals surface area (Å²) >= 11 is -2.00. The fraction of sp³-hybridized carbons (Fsp3) is 0.167. The number of nitrogens with zero attached hydrogens (tertiary/aromatic N) is 4. The van der Waals surface area contributed by atoms with Crippen LogP contribution in [0.4, 0.5) is 0 Å². The Hall–Kier alpha value is -4.36. The number of imidazole rings is 1. The number of hydrogen-bond acceptors (Lipinski definition) is 4. The zero-order valence-electron chi connectivity index (χ0n) is 28.6. The van der Waals surface area contributed by atoms with Crippen molar-refractivity contribution < 1.29 is 24.5 Å². The van der Waals surface area contributed by atoms with Crippen molar-refractivity contribution in [1.29, 1.82) is 0 Å². The Bertz CT molecular complexity index is 2320. The van der Waals surface area contributed by atoms with Crippen LogP contribution in [0.1, 0.15) is 26.3 Å². The third-order valence-electron chi connectivity index (χ3n) is 8.56. The number of para-hydroxylation sites is 1. The second-order valence-electron chi connectivity index (χ2n) is 14.1. The molecule has 8 rings (SSSR count). The van der Waals surface area contributed by atoms with E-state index in [1.165, 1.54) is 4.40 Å². The maximum Gasteiger partial charge on any atom is 0.0160 e. The van der Waals surface area contributed by atoms with Gasteiger partial charge in [0.25, 0.3) is 0 Å². The van der Waals surface area contributed by atoms with Crippen molar-refractivity contribution in [2.75, 3.05) is 0 Å². The van der Waals surface area contributed by atoms with Crippen LogP contribution in [0.2, 0.25) is 17.3 Å². The van der Waals surface area contributed by atoms with E-state index in [4.69, 9.17) is 9.40 Å². The Morgan fingerprint density at radius 3 is 2.24 bits per heavy atom. The SMILES string of the molecule is CC(C)(C)c1cncc2nc(-c3[c-]ccc4c3oc3c[c]([Ge]([CH3])([CH3])[CH3])ccc34)n(-c3ccccc3)c12.[Ir].[c-]1ccccc1-c1ccccn1. The molecule has 5 nitrogen and oxygen atoms in total. The first-order chi connectivity index (χ1) is 23.1. The molecule has 4 heterocycles. The molecule has 1 radical (unpaired) electrons. The van der Waals surface area contributed by atoms with Gasteiger partial charge in [0.05, 0.1) is 0 Å². The van der Waals surface area contributed by atoms with Gasteiger partial charge in [0.15, 0.2) is 0 Å². The third kappa shape index (κ3) is 6.91. The van der Waals surface area contributed by atoms with Crippen LogP contribution in [-0.4, -0.2) is 32.8 Å². The number of pyridine rings is 2. The largest absolute Gasteiger partial charge is 0.305 e. The maximum atomic E-state index is 6.59. The van der Waals surface area contributed by atoms with E-state index >= 15 is 0 Å². The van der Waals surface area contributed by atoms with Crippen LogP contribution in [-0.2, 0) is 25.5 Å². The smallest absolute Gasteiger partial charge is 0.0160 e. The van der Waals surface area contributed by atoms with Crippen molar-refractivity contribution in [3.63, 3.8) is 0 Å². The van der Waals surface area contributed by atoms with Crippen LogP contribution in [0.25, 0.3) is 61.3 Å². The summed E-state index contributed by atoms with van der Waals surface area (Å²) in [4.78, 5) is 13.9. The third-order valence-corrected chi connectivity index (χ3v) is 12.8. The number of rotatable bonds is 4. The number of hydrogen-bond donors (Lipinski definition) is 0. The molecule has 4 aromatic heterocycles. The minimum absolute atomic E-state index is 0. The molecule has 49 heavy (non-hydrogen) atoms. The van der Waals surface area contributed by atoms with E-state index in [2.05, 4.69) is 113 Å². The Kier molecular flexibility index (Phi) is 9.77. The molecular formula is C42H38GeIrN4O-2. The maximum absolute atomic E-state index is 6.59. The summed E-state index contributed by atoms with van der Waals surface area (Å²) < 4.78 is 10.3. The Labute approximate surface area is 304 Å². The number of fused-ring (bicyclic) bond motifs is 4. The van der Waals surface area contributed by atoms with Gasteiger partial charge in [-0.1, -0.05) is 12.1 Å². The van der Waals surface area contributed by atoms with Crippen molar-refractivity contribution in [2.45, 2.75) is 43.5 Å². The molecule has 4 aromatic carbocycles. The van der Waals surface area contributed by atoms with Crippen LogP contribution in [0.5, 0.6) is 0 Å². The average Bonchev–Trinajstić information content (AvgIpc) is 3.67. The fourth-order valence-electron chi connectivity index (χ4n) is 6.02. The Morgan fingerprint density at radius 2 is 1.55 bits per heavy atom. The first-order valence-corrected chi connectivity index (χ1v) is 23.6. The number of benzene rings is 4. The molecule has 0 spiro atoms. The van der Waals surface area contributed by atoms with Gasteiger partial charge in [-0.2, -0.15) is 0 Å². The Balaban J connectivity index is 0.000000270. The van der Waals surface area contributed by atoms with Crippen LogP contribution < -0.4 is 4.40 Å². The monoisotopic (exact) mass is 881 g/mol. The molecule has 0 aliphatic rings. The van der Waals surface area contributed by atoms with Gasteiger partial charge in [-0.15, -0.1) is 35.9 Å². The average molecular weight is 880 g/mol. The molecule has 0 amide bonds. The summed E-state index contributed by atoms with van der Waals surface area (Å²) in [5.74, 6) is 8.04. The summed E-state index contributed by atoms with van der Waals surface area (Å²) in [5, 5.41) is 2.22.